The zero-order chi connectivity index (χ0) is 11.0. The number of nitrogens with zero attached hydrogens (tertiary/aromatic N) is 1. The molecule has 0 unspecified atom stereocenters. The van der Waals surface area contributed by atoms with E-state index in [1.54, 1.807) is 11.9 Å². The van der Waals surface area contributed by atoms with Gasteiger partial charge in [-0.3, -0.25) is 14.5 Å². The maximum Gasteiger partial charge on any atom is 0.319 e. The van der Waals surface area contributed by atoms with Gasteiger partial charge in [0.2, 0.25) is 0 Å². The number of carbonyl (C=O) groups excluding carboxylic acids is 2. The summed E-state index contributed by atoms with van der Waals surface area (Å²) in [5, 5.41) is 0. The van der Waals surface area contributed by atoms with Crippen molar-refractivity contribution in [2.75, 3.05) is 34.4 Å². The predicted molar refractivity (Wildman–Crippen MR) is 50.8 cm³/mol. The summed E-state index contributed by atoms with van der Waals surface area (Å²) in [6.45, 7) is 0.919. The summed E-state index contributed by atoms with van der Waals surface area (Å²) in [5.41, 5.74) is 0. The summed E-state index contributed by atoms with van der Waals surface area (Å²) >= 11 is 0. The Morgan fingerprint density at radius 1 is 1.14 bits per heavy atom. The molecular formula is C9H17NO4. The molecule has 0 aliphatic carbocycles. The van der Waals surface area contributed by atoms with Crippen molar-refractivity contribution in [3.8, 4) is 0 Å². The van der Waals surface area contributed by atoms with Crippen molar-refractivity contribution in [3.63, 3.8) is 0 Å². The van der Waals surface area contributed by atoms with Gasteiger partial charge in [0.25, 0.3) is 0 Å². The van der Waals surface area contributed by atoms with E-state index in [1.165, 1.54) is 14.2 Å². The molecule has 0 fully saturated rings. The number of methoxy groups -OCH3 is 2. The Morgan fingerprint density at radius 3 is 2.21 bits per heavy atom. The van der Waals surface area contributed by atoms with Crippen LogP contribution in [-0.2, 0) is 19.1 Å². The topological polar surface area (TPSA) is 55.8 Å². The maximum atomic E-state index is 10.8. The minimum absolute atomic E-state index is 0.225. The van der Waals surface area contributed by atoms with Crippen molar-refractivity contribution in [1.29, 1.82) is 0 Å². The molecule has 14 heavy (non-hydrogen) atoms. The first-order valence-corrected chi connectivity index (χ1v) is 4.42. The molecule has 0 radical (unpaired) electrons. The highest BCUT2D eigenvalue weighted by Crippen LogP contribution is 1.94. The molecule has 0 aromatic rings. The summed E-state index contributed by atoms with van der Waals surface area (Å²) in [7, 11) is 4.51. The van der Waals surface area contributed by atoms with E-state index < -0.39 is 0 Å². The van der Waals surface area contributed by atoms with Gasteiger partial charge < -0.3 is 9.47 Å². The fourth-order valence-electron chi connectivity index (χ4n) is 0.959. The van der Waals surface area contributed by atoms with Crippen molar-refractivity contribution in [3.05, 3.63) is 0 Å². The second-order valence-electron chi connectivity index (χ2n) is 2.99. The quantitative estimate of drug-likeness (QED) is 0.571. The Morgan fingerprint density at radius 2 is 1.71 bits per heavy atom. The highest BCUT2D eigenvalue weighted by atomic mass is 16.5. The van der Waals surface area contributed by atoms with Crippen LogP contribution >= 0.6 is 0 Å². The number of hydrogen-bond donors (Lipinski definition) is 0. The molecule has 5 nitrogen and oxygen atoms in total. The van der Waals surface area contributed by atoms with Gasteiger partial charge in [-0.25, -0.2) is 0 Å². The van der Waals surface area contributed by atoms with E-state index in [1.807, 2.05) is 0 Å². The van der Waals surface area contributed by atoms with E-state index in [4.69, 9.17) is 0 Å². The molecule has 0 saturated carbocycles. The third-order valence-corrected chi connectivity index (χ3v) is 1.78. The lowest BCUT2D eigenvalue weighted by Crippen LogP contribution is -2.28. The molecule has 5 heteroatoms. The Kier molecular flexibility index (Phi) is 6.74. The van der Waals surface area contributed by atoms with Crippen LogP contribution in [0.3, 0.4) is 0 Å². The molecule has 0 spiro atoms. The van der Waals surface area contributed by atoms with E-state index in [2.05, 4.69) is 9.47 Å². The van der Waals surface area contributed by atoms with Crippen LogP contribution < -0.4 is 0 Å². The second-order valence-corrected chi connectivity index (χ2v) is 2.99. The average molecular weight is 203 g/mol. The Bertz CT molecular complexity index is 193. The third-order valence-electron chi connectivity index (χ3n) is 1.78. The fourth-order valence-corrected chi connectivity index (χ4v) is 0.959. The van der Waals surface area contributed by atoms with Gasteiger partial charge in [0, 0.05) is 6.42 Å². The Labute approximate surface area is 84.0 Å². The largest absolute Gasteiger partial charge is 0.469 e. The SMILES string of the molecule is COC(=O)CCCN(C)CC(=O)OC. The smallest absolute Gasteiger partial charge is 0.319 e. The minimum atomic E-state index is -0.273. The number of ether oxygens (including phenoxy) is 2. The molecule has 82 valence electrons. The van der Waals surface area contributed by atoms with Crippen LogP contribution in [0.15, 0.2) is 0 Å². The van der Waals surface area contributed by atoms with Gasteiger partial charge in [-0.15, -0.1) is 0 Å². The number of likely N-dealkylation sites (N-methyl/N-ethyl adjacent to an activating group) is 1. The first-order chi connectivity index (χ1) is 6.60. The van der Waals surface area contributed by atoms with E-state index in [0.29, 0.717) is 19.4 Å². The molecule has 0 aromatic carbocycles. The van der Waals surface area contributed by atoms with Crippen LogP contribution in [0.2, 0.25) is 0 Å². The number of carbonyl (C=O) groups is 2. The number of rotatable bonds is 6. The molecule has 0 N–H and O–H groups in total. The highest BCUT2D eigenvalue weighted by molar-refractivity contribution is 5.71. The summed E-state index contributed by atoms with van der Waals surface area (Å²) in [6, 6.07) is 0. The maximum absolute atomic E-state index is 10.8. The summed E-state index contributed by atoms with van der Waals surface area (Å²) < 4.78 is 8.98. The van der Waals surface area contributed by atoms with Crippen molar-refractivity contribution in [1.82, 2.24) is 4.90 Å². The summed E-state index contributed by atoms with van der Waals surface area (Å²) in [5.74, 6) is -0.498. The van der Waals surface area contributed by atoms with Gasteiger partial charge in [0.1, 0.15) is 0 Å². The summed E-state index contributed by atoms with van der Waals surface area (Å²) in [6.07, 6.45) is 1.06. The van der Waals surface area contributed by atoms with Gasteiger partial charge >= 0.3 is 11.9 Å². The molecule has 0 bridgehead atoms. The van der Waals surface area contributed by atoms with Gasteiger partial charge in [0.05, 0.1) is 20.8 Å². The van der Waals surface area contributed by atoms with Crippen LogP contribution in [-0.4, -0.2) is 51.2 Å². The minimum Gasteiger partial charge on any atom is -0.469 e. The van der Waals surface area contributed by atoms with Crippen molar-refractivity contribution < 1.29 is 19.1 Å². The molecule has 0 amide bonds. The van der Waals surface area contributed by atoms with Crippen molar-refractivity contribution in [2.24, 2.45) is 0 Å². The molecule has 0 heterocycles. The summed E-state index contributed by atoms with van der Waals surface area (Å²) in [4.78, 5) is 23.4. The molecule has 0 aliphatic heterocycles. The van der Waals surface area contributed by atoms with E-state index >= 15 is 0 Å². The van der Waals surface area contributed by atoms with Crippen LogP contribution in [0, 0.1) is 0 Å². The zero-order valence-electron chi connectivity index (χ0n) is 8.91. The molecule has 0 aromatic heterocycles. The van der Waals surface area contributed by atoms with E-state index in [0.717, 1.165) is 0 Å². The molecular weight excluding hydrogens is 186 g/mol. The van der Waals surface area contributed by atoms with E-state index in [-0.39, 0.29) is 18.5 Å². The molecule has 0 aliphatic rings. The van der Waals surface area contributed by atoms with Crippen molar-refractivity contribution >= 4 is 11.9 Å². The lowest BCUT2D eigenvalue weighted by molar-refractivity contribution is -0.141. The van der Waals surface area contributed by atoms with Crippen LogP contribution in [0.25, 0.3) is 0 Å². The Balaban J connectivity index is 3.49. The van der Waals surface area contributed by atoms with Crippen LogP contribution in [0.4, 0.5) is 0 Å². The molecule has 0 rings (SSSR count). The zero-order valence-corrected chi connectivity index (χ0v) is 8.91. The first-order valence-electron chi connectivity index (χ1n) is 4.42. The average Bonchev–Trinajstić information content (AvgIpc) is 2.17. The van der Waals surface area contributed by atoms with Crippen LogP contribution in [0.5, 0.6) is 0 Å². The highest BCUT2D eigenvalue weighted by Gasteiger charge is 2.06. The monoisotopic (exact) mass is 203 g/mol. The number of esters is 2. The number of hydrogen-bond acceptors (Lipinski definition) is 5. The molecule has 0 atom stereocenters. The van der Waals surface area contributed by atoms with Crippen molar-refractivity contribution in [2.45, 2.75) is 12.8 Å². The standard InChI is InChI=1S/C9H17NO4/c1-10(7-9(12)14-3)6-4-5-8(11)13-2/h4-7H2,1-3H3. The normalized spacial score (nSPS) is 10.0. The van der Waals surface area contributed by atoms with Gasteiger partial charge in [-0.05, 0) is 20.0 Å². The second kappa shape index (κ2) is 7.32. The molecule has 0 saturated heterocycles. The fraction of sp³-hybridized carbons (Fsp3) is 0.778. The van der Waals surface area contributed by atoms with E-state index in [9.17, 15) is 9.59 Å². The van der Waals surface area contributed by atoms with Crippen LogP contribution in [0.1, 0.15) is 12.8 Å². The van der Waals surface area contributed by atoms with Gasteiger partial charge in [-0.2, -0.15) is 0 Å². The Hall–Kier alpha value is -1.10. The van der Waals surface area contributed by atoms with Gasteiger partial charge in [0.15, 0.2) is 0 Å². The van der Waals surface area contributed by atoms with Gasteiger partial charge in [-0.1, -0.05) is 0 Å². The lowest BCUT2D eigenvalue weighted by atomic mass is 10.3. The third kappa shape index (κ3) is 6.42. The first kappa shape index (κ1) is 12.9. The lowest BCUT2D eigenvalue weighted by Gasteiger charge is -2.13. The predicted octanol–water partition coefficient (Wildman–Crippen LogP) is 0.0444.